The van der Waals surface area contributed by atoms with E-state index in [4.69, 9.17) is 4.74 Å². The van der Waals surface area contributed by atoms with Gasteiger partial charge in [0.05, 0.1) is 0 Å². The van der Waals surface area contributed by atoms with Gasteiger partial charge in [0, 0.05) is 11.4 Å². The number of rotatable bonds is 4. The van der Waals surface area contributed by atoms with E-state index in [1.807, 2.05) is 91.9 Å². The molecule has 0 bridgehead atoms. The second kappa shape index (κ2) is 6.54. The second-order valence-electron chi connectivity index (χ2n) is 6.18. The van der Waals surface area contributed by atoms with Crippen molar-refractivity contribution in [3.8, 4) is 0 Å². The van der Waals surface area contributed by atoms with Gasteiger partial charge in [-0.3, -0.25) is 9.69 Å². The molecule has 0 unspecified atom stereocenters. The zero-order valence-electron chi connectivity index (χ0n) is 14.0. The van der Waals surface area contributed by atoms with Crippen LogP contribution in [0.3, 0.4) is 0 Å². The number of amides is 1. The number of nitrogens with zero attached hydrogens (tertiary/aromatic N) is 1. The molecule has 0 aromatic heterocycles. The molecule has 0 aliphatic carbocycles. The summed E-state index contributed by atoms with van der Waals surface area (Å²) in [5, 5.41) is 0. The summed E-state index contributed by atoms with van der Waals surface area (Å²) >= 11 is 0. The predicted octanol–water partition coefficient (Wildman–Crippen LogP) is 4.80. The maximum atomic E-state index is 13.2. The third-order valence-corrected chi connectivity index (χ3v) is 4.48. The minimum absolute atomic E-state index is 0.0364. The van der Waals surface area contributed by atoms with Crippen molar-refractivity contribution in [3.63, 3.8) is 0 Å². The molecular weight excluding hydrogens is 310 g/mol. The van der Waals surface area contributed by atoms with Crippen LogP contribution in [-0.2, 0) is 9.53 Å². The van der Waals surface area contributed by atoms with Gasteiger partial charge in [0.2, 0.25) is 0 Å². The number of hydrogen-bond acceptors (Lipinski definition) is 2. The van der Waals surface area contributed by atoms with E-state index in [-0.39, 0.29) is 12.0 Å². The standard InChI is InChI=1S/C22H19NO2/c1-16-10-8-9-15-19(16)20-21(25-20)22(24)23(17-11-4-2-5-12-17)18-13-6-3-7-14-18/h2-15,20-21H,1H3/t20-,21-/m0/s1. The zero-order chi connectivity index (χ0) is 17.2. The number of anilines is 2. The molecule has 0 radical (unpaired) electrons. The molecule has 1 aliphatic heterocycles. The van der Waals surface area contributed by atoms with Crippen molar-refractivity contribution in [2.75, 3.05) is 4.90 Å². The minimum Gasteiger partial charge on any atom is -0.354 e. The van der Waals surface area contributed by atoms with Crippen molar-refractivity contribution in [1.82, 2.24) is 0 Å². The fourth-order valence-corrected chi connectivity index (χ4v) is 3.13. The third kappa shape index (κ3) is 3.06. The molecule has 1 aliphatic rings. The lowest BCUT2D eigenvalue weighted by atomic mass is 10.0. The van der Waals surface area contributed by atoms with Crippen LogP contribution in [0.2, 0.25) is 0 Å². The van der Waals surface area contributed by atoms with Crippen molar-refractivity contribution >= 4 is 17.3 Å². The molecule has 3 heteroatoms. The summed E-state index contributed by atoms with van der Waals surface area (Å²) in [7, 11) is 0. The van der Waals surface area contributed by atoms with Crippen LogP contribution in [0.1, 0.15) is 17.2 Å². The Hall–Kier alpha value is -2.91. The molecule has 25 heavy (non-hydrogen) atoms. The van der Waals surface area contributed by atoms with Gasteiger partial charge in [0.1, 0.15) is 6.10 Å². The highest BCUT2D eigenvalue weighted by atomic mass is 16.6. The van der Waals surface area contributed by atoms with Gasteiger partial charge in [0.15, 0.2) is 6.10 Å². The van der Waals surface area contributed by atoms with Gasteiger partial charge >= 0.3 is 0 Å². The van der Waals surface area contributed by atoms with Gasteiger partial charge in [-0.05, 0) is 42.3 Å². The molecular formula is C22H19NO2. The van der Waals surface area contributed by atoms with Gasteiger partial charge in [-0.2, -0.15) is 0 Å². The van der Waals surface area contributed by atoms with Crippen LogP contribution in [0, 0.1) is 6.92 Å². The van der Waals surface area contributed by atoms with Crippen LogP contribution in [0.15, 0.2) is 84.9 Å². The molecule has 1 saturated heterocycles. The SMILES string of the molecule is Cc1ccccc1[C@@H]1O[C@@H]1C(=O)N(c1ccccc1)c1ccccc1. The lowest BCUT2D eigenvalue weighted by Gasteiger charge is -2.22. The van der Waals surface area contributed by atoms with Gasteiger partial charge in [-0.25, -0.2) is 0 Å². The fraction of sp³-hybridized carbons (Fsp3) is 0.136. The first-order valence-corrected chi connectivity index (χ1v) is 8.41. The van der Waals surface area contributed by atoms with Crippen LogP contribution >= 0.6 is 0 Å². The summed E-state index contributed by atoms with van der Waals surface area (Å²) in [5.74, 6) is -0.0364. The molecule has 4 rings (SSSR count). The molecule has 3 aromatic carbocycles. The monoisotopic (exact) mass is 329 g/mol. The van der Waals surface area contributed by atoms with Gasteiger partial charge in [0.25, 0.3) is 5.91 Å². The molecule has 1 heterocycles. The number of hydrogen-bond donors (Lipinski definition) is 0. The lowest BCUT2D eigenvalue weighted by Crippen LogP contribution is -2.30. The van der Waals surface area contributed by atoms with E-state index in [0.29, 0.717) is 0 Å². The molecule has 3 nitrogen and oxygen atoms in total. The Morgan fingerprint density at radius 2 is 1.32 bits per heavy atom. The van der Waals surface area contributed by atoms with Gasteiger partial charge in [-0.15, -0.1) is 0 Å². The Balaban J connectivity index is 1.65. The van der Waals surface area contributed by atoms with E-state index in [9.17, 15) is 4.79 Å². The molecule has 0 saturated carbocycles. The Kier molecular flexibility index (Phi) is 4.08. The predicted molar refractivity (Wildman–Crippen MR) is 98.8 cm³/mol. The highest BCUT2D eigenvalue weighted by Gasteiger charge is 2.49. The van der Waals surface area contributed by atoms with Crippen molar-refractivity contribution in [3.05, 3.63) is 96.1 Å². The summed E-state index contributed by atoms with van der Waals surface area (Å²) in [6, 6.07) is 27.5. The summed E-state index contributed by atoms with van der Waals surface area (Å²) < 4.78 is 5.78. The van der Waals surface area contributed by atoms with Crippen LogP contribution in [0.5, 0.6) is 0 Å². The highest BCUT2D eigenvalue weighted by Crippen LogP contribution is 2.43. The summed E-state index contributed by atoms with van der Waals surface area (Å²) in [5.41, 5.74) is 3.92. The van der Waals surface area contributed by atoms with Crippen molar-refractivity contribution < 1.29 is 9.53 Å². The first-order valence-electron chi connectivity index (χ1n) is 8.41. The maximum absolute atomic E-state index is 13.2. The average molecular weight is 329 g/mol. The van der Waals surface area contributed by atoms with Crippen LogP contribution in [0.4, 0.5) is 11.4 Å². The first kappa shape index (κ1) is 15.6. The summed E-state index contributed by atoms with van der Waals surface area (Å²) in [6.45, 7) is 2.05. The smallest absolute Gasteiger partial charge is 0.263 e. The van der Waals surface area contributed by atoms with Gasteiger partial charge < -0.3 is 4.74 Å². The molecule has 2 atom stereocenters. The number of aryl methyl sites for hydroxylation is 1. The number of carbonyl (C=O) groups is 1. The third-order valence-electron chi connectivity index (χ3n) is 4.48. The van der Waals surface area contributed by atoms with Gasteiger partial charge in [-0.1, -0.05) is 60.7 Å². The minimum atomic E-state index is -0.443. The largest absolute Gasteiger partial charge is 0.354 e. The Bertz CT molecular complexity index is 837. The van der Waals surface area contributed by atoms with E-state index >= 15 is 0 Å². The number of carbonyl (C=O) groups excluding carboxylic acids is 1. The highest BCUT2D eigenvalue weighted by molar-refractivity contribution is 6.04. The van der Waals surface area contributed by atoms with E-state index in [0.717, 1.165) is 22.5 Å². The topological polar surface area (TPSA) is 32.8 Å². The van der Waals surface area contributed by atoms with E-state index in [1.54, 1.807) is 4.90 Å². The molecule has 0 spiro atoms. The Morgan fingerprint density at radius 1 is 0.800 bits per heavy atom. The van der Waals surface area contributed by atoms with Crippen LogP contribution < -0.4 is 4.90 Å². The zero-order valence-corrected chi connectivity index (χ0v) is 14.0. The van der Waals surface area contributed by atoms with Crippen LogP contribution in [-0.4, -0.2) is 12.0 Å². The lowest BCUT2D eigenvalue weighted by molar-refractivity contribution is -0.119. The van der Waals surface area contributed by atoms with Crippen LogP contribution in [0.25, 0.3) is 0 Å². The average Bonchev–Trinajstić information content (AvgIpc) is 3.45. The van der Waals surface area contributed by atoms with E-state index in [2.05, 4.69) is 0 Å². The maximum Gasteiger partial charge on any atom is 0.263 e. The molecule has 1 amide bonds. The van der Waals surface area contributed by atoms with Crippen molar-refractivity contribution in [2.24, 2.45) is 0 Å². The Morgan fingerprint density at radius 3 is 1.88 bits per heavy atom. The van der Waals surface area contributed by atoms with Crippen molar-refractivity contribution in [1.29, 1.82) is 0 Å². The molecule has 124 valence electrons. The first-order chi connectivity index (χ1) is 12.3. The summed E-state index contributed by atoms with van der Waals surface area (Å²) in [6.07, 6.45) is -0.606. The quantitative estimate of drug-likeness (QED) is 0.644. The number of ether oxygens (including phenoxy) is 1. The van der Waals surface area contributed by atoms with E-state index in [1.165, 1.54) is 0 Å². The van der Waals surface area contributed by atoms with E-state index < -0.39 is 6.10 Å². The second-order valence-corrected chi connectivity index (χ2v) is 6.18. The van der Waals surface area contributed by atoms with Crippen molar-refractivity contribution in [2.45, 2.75) is 19.1 Å². The Labute approximate surface area is 147 Å². The number of benzene rings is 3. The fourth-order valence-electron chi connectivity index (χ4n) is 3.13. The molecule has 3 aromatic rings. The summed E-state index contributed by atoms with van der Waals surface area (Å²) in [4.78, 5) is 14.9. The molecule has 1 fully saturated rings. The number of epoxide rings is 1. The normalized spacial score (nSPS) is 18.6. The number of para-hydroxylation sites is 2. The molecule has 0 N–H and O–H groups in total.